The molecule has 0 bridgehead atoms. The van der Waals surface area contributed by atoms with Crippen molar-refractivity contribution in [3.8, 4) is 10.6 Å². The summed E-state index contributed by atoms with van der Waals surface area (Å²) in [4.78, 5) is 20.3. The van der Waals surface area contributed by atoms with Crippen LogP contribution in [0.2, 0.25) is 10.2 Å². The first-order chi connectivity index (χ1) is 10.6. The van der Waals surface area contributed by atoms with Gasteiger partial charge in [0, 0.05) is 22.8 Å². The molecule has 0 unspecified atom stereocenters. The summed E-state index contributed by atoms with van der Waals surface area (Å²) in [5, 5.41) is 6.05. The highest BCUT2D eigenvalue weighted by molar-refractivity contribution is 7.13. The van der Waals surface area contributed by atoms with E-state index in [1.165, 1.54) is 12.1 Å². The van der Waals surface area contributed by atoms with Gasteiger partial charge in [-0.25, -0.2) is 9.97 Å². The molecule has 3 aromatic rings. The van der Waals surface area contributed by atoms with Crippen molar-refractivity contribution in [2.45, 2.75) is 0 Å². The summed E-state index contributed by atoms with van der Waals surface area (Å²) in [5.74, 6) is -0.408. The number of carbonyl (C=O) groups is 1. The van der Waals surface area contributed by atoms with Crippen LogP contribution in [0.5, 0.6) is 0 Å². The summed E-state index contributed by atoms with van der Waals surface area (Å²) in [6, 6.07) is 10.4. The van der Waals surface area contributed by atoms with E-state index in [2.05, 4.69) is 15.3 Å². The number of hydrogen-bond acceptors (Lipinski definition) is 4. The summed E-state index contributed by atoms with van der Waals surface area (Å²) in [5.41, 5.74) is 1.73. The van der Waals surface area contributed by atoms with Gasteiger partial charge in [-0.05, 0) is 36.4 Å². The molecular formula is C15H9Cl2N3OS. The van der Waals surface area contributed by atoms with Gasteiger partial charge in [0.15, 0.2) is 0 Å². The van der Waals surface area contributed by atoms with Crippen LogP contribution >= 0.6 is 34.5 Å². The largest absolute Gasteiger partial charge is 0.321 e. The van der Waals surface area contributed by atoms with E-state index in [1.807, 2.05) is 17.5 Å². The van der Waals surface area contributed by atoms with Crippen molar-refractivity contribution in [1.82, 2.24) is 9.97 Å². The zero-order valence-corrected chi connectivity index (χ0v) is 13.4. The number of nitrogens with one attached hydrogen (secondary N) is 1. The lowest BCUT2D eigenvalue weighted by Crippen LogP contribution is -2.14. The zero-order valence-electron chi connectivity index (χ0n) is 11.1. The fraction of sp³-hybridized carbons (Fsp3) is 0. The van der Waals surface area contributed by atoms with Gasteiger partial charge >= 0.3 is 0 Å². The first kappa shape index (κ1) is 15.0. The Kier molecular flexibility index (Phi) is 4.38. The molecule has 7 heteroatoms. The molecule has 0 aliphatic carbocycles. The quantitative estimate of drug-likeness (QED) is 0.693. The van der Waals surface area contributed by atoms with E-state index in [4.69, 9.17) is 23.2 Å². The lowest BCUT2D eigenvalue weighted by atomic mass is 10.2. The first-order valence-electron chi connectivity index (χ1n) is 6.27. The number of rotatable bonds is 3. The van der Waals surface area contributed by atoms with Gasteiger partial charge in [0.05, 0.1) is 5.02 Å². The van der Waals surface area contributed by atoms with Crippen LogP contribution < -0.4 is 5.32 Å². The molecule has 0 aliphatic heterocycles. The average Bonchev–Trinajstić information content (AvgIpc) is 3.05. The van der Waals surface area contributed by atoms with Crippen LogP contribution in [-0.4, -0.2) is 15.9 Å². The van der Waals surface area contributed by atoms with E-state index in [9.17, 15) is 4.79 Å². The Balaban J connectivity index is 1.78. The summed E-state index contributed by atoms with van der Waals surface area (Å²) in [6.45, 7) is 0. The molecule has 0 fully saturated rings. The molecule has 1 N–H and O–H groups in total. The number of carbonyl (C=O) groups excluding carboxylic acids is 1. The number of halogens is 2. The monoisotopic (exact) mass is 349 g/mol. The van der Waals surface area contributed by atoms with Gasteiger partial charge < -0.3 is 5.32 Å². The van der Waals surface area contributed by atoms with Crippen molar-refractivity contribution in [3.05, 3.63) is 63.8 Å². The SMILES string of the molecule is O=C(Nc1ccc(-c2nccs2)cc1)c1nc(Cl)ccc1Cl. The van der Waals surface area contributed by atoms with E-state index in [1.54, 1.807) is 29.7 Å². The fourth-order valence-electron chi connectivity index (χ4n) is 1.83. The van der Waals surface area contributed by atoms with Crippen molar-refractivity contribution >= 4 is 46.1 Å². The van der Waals surface area contributed by atoms with E-state index < -0.39 is 5.91 Å². The molecule has 1 amide bonds. The van der Waals surface area contributed by atoms with Crippen molar-refractivity contribution in [2.24, 2.45) is 0 Å². The Labute approximate surface area is 140 Å². The third-order valence-corrected chi connectivity index (χ3v) is 4.19. The predicted octanol–water partition coefficient (Wildman–Crippen LogP) is 4.76. The maximum atomic E-state index is 12.2. The van der Waals surface area contributed by atoms with Crippen molar-refractivity contribution in [3.63, 3.8) is 0 Å². The minimum Gasteiger partial charge on any atom is -0.321 e. The summed E-state index contributed by atoms with van der Waals surface area (Å²) < 4.78 is 0. The smallest absolute Gasteiger partial charge is 0.275 e. The highest BCUT2D eigenvalue weighted by Gasteiger charge is 2.13. The molecule has 2 aromatic heterocycles. The molecule has 1 aromatic carbocycles. The molecule has 0 saturated carbocycles. The number of amides is 1. The van der Waals surface area contributed by atoms with Crippen LogP contribution in [0.3, 0.4) is 0 Å². The number of aromatic nitrogens is 2. The highest BCUT2D eigenvalue weighted by Crippen LogP contribution is 2.24. The van der Waals surface area contributed by atoms with Gasteiger partial charge in [-0.2, -0.15) is 0 Å². The molecular weight excluding hydrogens is 341 g/mol. The number of anilines is 1. The number of benzene rings is 1. The number of thiazole rings is 1. The third-order valence-electron chi connectivity index (χ3n) is 2.85. The molecule has 110 valence electrons. The van der Waals surface area contributed by atoms with Gasteiger partial charge in [-0.1, -0.05) is 23.2 Å². The molecule has 3 rings (SSSR count). The van der Waals surface area contributed by atoms with Crippen molar-refractivity contribution in [1.29, 1.82) is 0 Å². The second-order valence-electron chi connectivity index (χ2n) is 4.33. The number of hydrogen-bond donors (Lipinski definition) is 1. The first-order valence-corrected chi connectivity index (χ1v) is 7.90. The third kappa shape index (κ3) is 3.27. The van der Waals surface area contributed by atoms with Crippen LogP contribution in [0.4, 0.5) is 5.69 Å². The molecule has 22 heavy (non-hydrogen) atoms. The highest BCUT2D eigenvalue weighted by atomic mass is 35.5. The van der Waals surface area contributed by atoms with Gasteiger partial charge in [0.25, 0.3) is 5.91 Å². The van der Waals surface area contributed by atoms with Crippen LogP contribution in [0.15, 0.2) is 48.0 Å². The molecule has 0 aliphatic rings. The van der Waals surface area contributed by atoms with Gasteiger partial charge in [-0.3, -0.25) is 4.79 Å². The van der Waals surface area contributed by atoms with Gasteiger partial charge in [0.1, 0.15) is 15.9 Å². The maximum absolute atomic E-state index is 12.2. The Morgan fingerprint density at radius 3 is 2.55 bits per heavy atom. The Hall–Kier alpha value is -1.95. The number of pyridine rings is 1. The molecule has 0 atom stereocenters. The van der Waals surface area contributed by atoms with Gasteiger partial charge in [-0.15, -0.1) is 11.3 Å². The second kappa shape index (κ2) is 6.44. The topological polar surface area (TPSA) is 54.9 Å². The predicted molar refractivity (Wildman–Crippen MR) is 89.8 cm³/mol. The standard InChI is InChI=1S/C15H9Cl2N3OS/c16-11-5-6-12(17)20-13(11)14(21)19-10-3-1-9(2-4-10)15-18-7-8-22-15/h1-8H,(H,19,21). The van der Waals surface area contributed by atoms with Crippen molar-refractivity contribution in [2.75, 3.05) is 5.32 Å². The number of nitrogens with zero attached hydrogens (tertiary/aromatic N) is 2. The van der Waals surface area contributed by atoms with E-state index in [0.717, 1.165) is 10.6 Å². The fourth-order valence-corrected chi connectivity index (χ4v) is 2.81. The van der Waals surface area contributed by atoms with Crippen LogP contribution in [0.1, 0.15) is 10.5 Å². The zero-order chi connectivity index (χ0) is 15.5. The lowest BCUT2D eigenvalue weighted by Gasteiger charge is -2.07. The minimum absolute atomic E-state index is 0.0955. The maximum Gasteiger partial charge on any atom is 0.275 e. The molecule has 0 saturated heterocycles. The van der Waals surface area contributed by atoms with Crippen LogP contribution in [0, 0.1) is 0 Å². The summed E-state index contributed by atoms with van der Waals surface area (Å²) in [6.07, 6.45) is 1.75. The Morgan fingerprint density at radius 1 is 1.09 bits per heavy atom. The minimum atomic E-state index is -0.408. The average molecular weight is 350 g/mol. The van der Waals surface area contributed by atoms with Crippen LogP contribution in [0.25, 0.3) is 10.6 Å². The molecule has 0 spiro atoms. The van der Waals surface area contributed by atoms with Gasteiger partial charge in [0.2, 0.25) is 0 Å². The Bertz CT molecular complexity index is 804. The molecule has 4 nitrogen and oxygen atoms in total. The summed E-state index contributed by atoms with van der Waals surface area (Å²) >= 11 is 13.3. The Morgan fingerprint density at radius 2 is 1.86 bits per heavy atom. The van der Waals surface area contributed by atoms with E-state index in [0.29, 0.717) is 5.69 Å². The summed E-state index contributed by atoms with van der Waals surface area (Å²) in [7, 11) is 0. The van der Waals surface area contributed by atoms with E-state index in [-0.39, 0.29) is 15.9 Å². The molecule has 0 radical (unpaired) electrons. The van der Waals surface area contributed by atoms with Crippen LogP contribution in [-0.2, 0) is 0 Å². The van der Waals surface area contributed by atoms with Crippen molar-refractivity contribution < 1.29 is 4.79 Å². The lowest BCUT2D eigenvalue weighted by molar-refractivity contribution is 0.102. The molecule has 2 heterocycles. The van der Waals surface area contributed by atoms with E-state index >= 15 is 0 Å². The second-order valence-corrected chi connectivity index (χ2v) is 6.02. The normalized spacial score (nSPS) is 10.5.